The van der Waals surface area contributed by atoms with Crippen LogP contribution in [-0.4, -0.2) is 21.5 Å². The molecule has 0 aliphatic rings. The standard InChI is InChI=1S/C9H14IN3O2/c1-9(2,3)15-8(14)12-6-5-11-13(4)7(6)10/h5H,1-4H3,(H,12,14). The molecule has 0 aliphatic heterocycles. The van der Waals surface area contributed by atoms with Crippen molar-refractivity contribution in [2.45, 2.75) is 26.4 Å². The van der Waals surface area contributed by atoms with Gasteiger partial charge >= 0.3 is 6.09 Å². The summed E-state index contributed by atoms with van der Waals surface area (Å²) in [7, 11) is 1.81. The molecule has 15 heavy (non-hydrogen) atoms. The summed E-state index contributed by atoms with van der Waals surface area (Å²) >= 11 is 2.10. The second-order valence-corrected chi connectivity index (χ2v) is 5.12. The van der Waals surface area contributed by atoms with Crippen molar-refractivity contribution in [1.82, 2.24) is 9.78 Å². The maximum absolute atomic E-state index is 11.4. The van der Waals surface area contributed by atoms with Crippen molar-refractivity contribution in [2.24, 2.45) is 7.05 Å². The third-order valence-electron chi connectivity index (χ3n) is 1.50. The summed E-state index contributed by atoms with van der Waals surface area (Å²) in [6.07, 6.45) is 1.12. The first-order valence-electron chi connectivity index (χ1n) is 4.47. The SMILES string of the molecule is Cn1ncc(NC(=O)OC(C)(C)C)c1I. The van der Waals surface area contributed by atoms with Gasteiger partial charge in [-0.15, -0.1) is 0 Å². The zero-order chi connectivity index (χ0) is 11.6. The number of hydrogen-bond donors (Lipinski definition) is 1. The predicted octanol–water partition coefficient (Wildman–Crippen LogP) is 2.37. The predicted molar refractivity (Wildman–Crippen MR) is 65.8 cm³/mol. The van der Waals surface area contributed by atoms with Crippen LogP contribution >= 0.6 is 22.6 Å². The van der Waals surface area contributed by atoms with E-state index in [1.54, 1.807) is 10.9 Å². The van der Waals surface area contributed by atoms with E-state index in [4.69, 9.17) is 4.74 Å². The number of nitrogens with zero attached hydrogens (tertiary/aromatic N) is 2. The van der Waals surface area contributed by atoms with E-state index >= 15 is 0 Å². The van der Waals surface area contributed by atoms with E-state index in [9.17, 15) is 4.79 Å². The molecule has 1 amide bonds. The van der Waals surface area contributed by atoms with Gasteiger partial charge in [-0.3, -0.25) is 10.00 Å². The number of ether oxygens (including phenoxy) is 1. The molecule has 0 saturated heterocycles. The smallest absolute Gasteiger partial charge is 0.412 e. The molecule has 1 heterocycles. The number of nitrogens with one attached hydrogen (secondary N) is 1. The van der Waals surface area contributed by atoms with Gasteiger partial charge in [0.15, 0.2) is 0 Å². The molecular formula is C9H14IN3O2. The van der Waals surface area contributed by atoms with Crippen LogP contribution < -0.4 is 5.32 Å². The van der Waals surface area contributed by atoms with Crippen molar-refractivity contribution >= 4 is 34.4 Å². The van der Waals surface area contributed by atoms with Crippen LogP contribution in [0.5, 0.6) is 0 Å². The molecule has 0 bridgehead atoms. The Bertz CT molecular complexity index is 368. The number of aryl methyl sites for hydroxylation is 1. The molecule has 0 aliphatic carbocycles. The summed E-state index contributed by atoms with van der Waals surface area (Å²) in [5, 5.41) is 6.64. The number of carbonyl (C=O) groups excluding carboxylic acids is 1. The Kier molecular flexibility index (Phi) is 3.58. The third-order valence-corrected chi connectivity index (χ3v) is 2.78. The van der Waals surface area contributed by atoms with Crippen LogP contribution in [0.15, 0.2) is 6.20 Å². The van der Waals surface area contributed by atoms with Gasteiger partial charge in [-0.25, -0.2) is 4.79 Å². The summed E-state index contributed by atoms with van der Waals surface area (Å²) in [4.78, 5) is 11.4. The van der Waals surface area contributed by atoms with Crippen LogP contribution in [0, 0.1) is 3.70 Å². The fourth-order valence-corrected chi connectivity index (χ4v) is 1.32. The zero-order valence-electron chi connectivity index (χ0n) is 9.17. The lowest BCUT2D eigenvalue weighted by molar-refractivity contribution is 0.0636. The quantitative estimate of drug-likeness (QED) is 0.807. The van der Waals surface area contributed by atoms with Gasteiger partial charge < -0.3 is 4.74 Å². The molecule has 1 rings (SSSR count). The van der Waals surface area contributed by atoms with E-state index in [2.05, 4.69) is 33.0 Å². The van der Waals surface area contributed by atoms with Crippen LogP contribution in [0.1, 0.15) is 20.8 Å². The second-order valence-electron chi connectivity index (χ2n) is 4.10. The number of anilines is 1. The van der Waals surface area contributed by atoms with E-state index in [0.717, 1.165) is 3.70 Å². The van der Waals surface area contributed by atoms with Crippen LogP contribution in [0.2, 0.25) is 0 Å². The molecule has 0 saturated carbocycles. The lowest BCUT2D eigenvalue weighted by Crippen LogP contribution is -2.27. The van der Waals surface area contributed by atoms with Crippen LogP contribution in [0.3, 0.4) is 0 Å². The van der Waals surface area contributed by atoms with Crippen molar-refractivity contribution in [3.8, 4) is 0 Å². The van der Waals surface area contributed by atoms with Gasteiger partial charge in [0.2, 0.25) is 0 Å². The van der Waals surface area contributed by atoms with Gasteiger partial charge in [0.1, 0.15) is 9.30 Å². The summed E-state index contributed by atoms with van der Waals surface area (Å²) in [6, 6.07) is 0. The highest BCUT2D eigenvalue weighted by atomic mass is 127. The summed E-state index contributed by atoms with van der Waals surface area (Å²) in [5.74, 6) is 0. The molecule has 0 fully saturated rings. The summed E-state index contributed by atoms with van der Waals surface area (Å²) in [6.45, 7) is 5.46. The van der Waals surface area contributed by atoms with Crippen molar-refractivity contribution in [2.75, 3.05) is 5.32 Å². The highest BCUT2D eigenvalue weighted by Crippen LogP contribution is 2.17. The van der Waals surface area contributed by atoms with Crippen molar-refractivity contribution in [3.05, 3.63) is 9.90 Å². The average Bonchev–Trinajstić information content (AvgIpc) is 2.32. The molecule has 0 radical (unpaired) electrons. The second kappa shape index (κ2) is 4.38. The molecule has 1 N–H and O–H groups in total. The summed E-state index contributed by atoms with van der Waals surface area (Å²) in [5.41, 5.74) is 0.171. The monoisotopic (exact) mass is 323 g/mol. The number of halogens is 1. The van der Waals surface area contributed by atoms with Gasteiger partial charge in [0, 0.05) is 7.05 Å². The van der Waals surface area contributed by atoms with Crippen LogP contribution in [-0.2, 0) is 11.8 Å². The lowest BCUT2D eigenvalue weighted by Gasteiger charge is -2.19. The maximum Gasteiger partial charge on any atom is 0.412 e. The Labute approximate surface area is 102 Å². The van der Waals surface area contributed by atoms with Crippen molar-refractivity contribution < 1.29 is 9.53 Å². The van der Waals surface area contributed by atoms with E-state index in [1.807, 2.05) is 27.8 Å². The number of hydrogen-bond acceptors (Lipinski definition) is 3. The third kappa shape index (κ3) is 3.69. The minimum absolute atomic E-state index is 0.464. The van der Waals surface area contributed by atoms with Gasteiger partial charge in [-0.2, -0.15) is 5.10 Å². The van der Waals surface area contributed by atoms with E-state index in [1.165, 1.54) is 0 Å². The Balaban J connectivity index is 2.63. The van der Waals surface area contributed by atoms with Crippen molar-refractivity contribution in [1.29, 1.82) is 0 Å². The molecular weight excluding hydrogens is 309 g/mol. The number of rotatable bonds is 1. The van der Waals surface area contributed by atoms with Crippen LogP contribution in [0.25, 0.3) is 0 Å². The fraction of sp³-hybridized carbons (Fsp3) is 0.556. The summed E-state index contributed by atoms with van der Waals surface area (Å²) < 4.78 is 7.65. The minimum atomic E-state index is -0.488. The Hall–Kier alpha value is -0.790. The Morgan fingerprint density at radius 3 is 2.60 bits per heavy atom. The molecule has 0 unspecified atom stereocenters. The molecule has 1 aromatic rings. The molecule has 0 spiro atoms. The minimum Gasteiger partial charge on any atom is -0.444 e. The molecule has 0 aromatic carbocycles. The van der Waals surface area contributed by atoms with Gasteiger partial charge in [-0.1, -0.05) is 0 Å². The van der Waals surface area contributed by atoms with E-state index < -0.39 is 11.7 Å². The number of amides is 1. The van der Waals surface area contributed by atoms with E-state index in [0.29, 0.717) is 5.69 Å². The van der Waals surface area contributed by atoms with E-state index in [-0.39, 0.29) is 0 Å². The first kappa shape index (κ1) is 12.3. The molecule has 1 aromatic heterocycles. The molecule has 5 nitrogen and oxygen atoms in total. The maximum atomic E-state index is 11.4. The topological polar surface area (TPSA) is 56.2 Å². The molecule has 6 heteroatoms. The van der Waals surface area contributed by atoms with Crippen LogP contribution in [0.4, 0.5) is 10.5 Å². The van der Waals surface area contributed by atoms with Gasteiger partial charge in [0.25, 0.3) is 0 Å². The normalized spacial score (nSPS) is 11.3. The lowest BCUT2D eigenvalue weighted by atomic mass is 10.2. The Morgan fingerprint density at radius 2 is 2.20 bits per heavy atom. The fourth-order valence-electron chi connectivity index (χ4n) is 0.920. The van der Waals surface area contributed by atoms with Crippen molar-refractivity contribution in [3.63, 3.8) is 0 Å². The number of carbonyl (C=O) groups is 1. The number of aromatic nitrogens is 2. The largest absolute Gasteiger partial charge is 0.444 e. The first-order valence-corrected chi connectivity index (χ1v) is 5.55. The first-order chi connectivity index (χ1) is 6.79. The average molecular weight is 323 g/mol. The van der Waals surface area contributed by atoms with Gasteiger partial charge in [-0.05, 0) is 43.4 Å². The zero-order valence-corrected chi connectivity index (χ0v) is 11.3. The van der Waals surface area contributed by atoms with Gasteiger partial charge in [0.05, 0.1) is 11.9 Å². The highest BCUT2D eigenvalue weighted by molar-refractivity contribution is 14.1. The molecule has 84 valence electrons. The molecule has 0 atom stereocenters. The Morgan fingerprint density at radius 1 is 1.60 bits per heavy atom. The highest BCUT2D eigenvalue weighted by Gasteiger charge is 2.17.